The SMILES string of the molecule is Cc1cc(C)cc(C2CCCN2C(=O)c2cc(C)nc3c2cnn3C(C)C)c1. The maximum absolute atomic E-state index is 13.6. The molecule has 1 atom stereocenters. The molecule has 3 heterocycles. The van der Waals surface area contributed by atoms with E-state index in [2.05, 4.69) is 56.0 Å². The number of rotatable bonds is 3. The van der Waals surface area contributed by atoms with E-state index in [-0.39, 0.29) is 18.0 Å². The summed E-state index contributed by atoms with van der Waals surface area (Å²) < 4.78 is 1.89. The highest BCUT2D eigenvalue weighted by atomic mass is 16.2. The number of nitrogens with zero attached hydrogens (tertiary/aromatic N) is 4. The van der Waals surface area contributed by atoms with Crippen LogP contribution in [0.1, 0.15) is 71.5 Å². The Kier molecular flexibility index (Phi) is 4.69. The average molecular weight is 377 g/mol. The van der Waals surface area contributed by atoms with Gasteiger partial charge in [-0.05, 0) is 59.1 Å². The first-order valence-electron chi connectivity index (χ1n) is 10.1. The quantitative estimate of drug-likeness (QED) is 0.652. The van der Waals surface area contributed by atoms with Crippen LogP contribution in [0.3, 0.4) is 0 Å². The average Bonchev–Trinajstić information content (AvgIpc) is 3.26. The summed E-state index contributed by atoms with van der Waals surface area (Å²) in [4.78, 5) is 20.3. The van der Waals surface area contributed by atoms with E-state index in [4.69, 9.17) is 0 Å². The van der Waals surface area contributed by atoms with Gasteiger partial charge in [-0.15, -0.1) is 0 Å². The summed E-state index contributed by atoms with van der Waals surface area (Å²) in [6, 6.07) is 8.86. The van der Waals surface area contributed by atoms with Gasteiger partial charge in [0.05, 0.1) is 23.2 Å². The van der Waals surface area contributed by atoms with Crippen molar-refractivity contribution in [1.29, 1.82) is 0 Å². The molecular weight excluding hydrogens is 348 g/mol. The number of hydrogen-bond donors (Lipinski definition) is 0. The first kappa shape index (κ1) is 18.7. The second-order valence-electron chi connectivity index (χ2n) is 8.31. The number of fused-ring (bicyclic) bond motifs is 1. The minimum Gasteiger partial charge on any atom is -0.332 e. The molecule has 1 fully saturated rings. The predicted octanol–water partition coefficient (Wildman–Crippen LogP) is 4.91. The highest BCUT2D eigenvalue weighted by Gasteiger charge is 2.32. The number of likely N-dealkylation sites (tertiary alicyclic amines) is 1. The minimum atomic E-state index is 0.0838. The van der Waals surface area contributed by atoms with Crippen LogP contribution in [-0.2, 0) is 0 Å². The van der Waals surface area contributed by atoms with Gasteiger partial charge in [0.15, 0.2) is 5.65 Å². The molecule has 0 saturated carbocycles. The molecule has 5 nitrogen and oxygen atoms in total. The van der Waals surface area contributed by atoms with Crippen molar-refractivity contribution in [2.45, 2.75) is 59.5 Å². The third-order valence-corrected chi connectivity index (χ3v) is 5.56. The lowest BCUT2D eigenvalue weighted by Gasteiger charge is -2.26. The molecule has 146 valence electrons. The van der Waals surface area contributed by atoms with E-state index in [9.17, 15) is 4.79 Å². The zero-order valence-corrected chi connectivity index (χ0v) is 17.4. The number of pyridine rings is 1. The summed E-state index contributed by atoms with van der Waals surface area (Å²) in [5, 5.41) is 5.33. The molecule has 1 aromatic carbocycles. The number of benzene rings is 1. The second-order valence-corrected chi connectivity index (χ2v) is 8.31. The van der Waals surface area contributed by atoms with Crippen LogP contribution in [0, 0.1) is 20.8 Å². The molecule has 0 bridgehead atoms. The molecule has 1 aliphatic heterocycles. The fourth-order valence-electron chi connectivity index (χ4n) is 4.41. The van der Waals surface area contributed by atoms with Crippen molar-refractivity contribution in [3.8, 4) is 0 Å². The Morgan fingerprint density at radius 3 is 2.50 bits per heavy atom. The number of hydrogen-bond acceptors (Lipinski definition) is 3. The molecule has 4 rings (SSSR count). The molecule has 3 aromatic rings. The normalized spacial score (nSPS) is 17.1. The Morgan fingerprint density at radius 2 is 1.82 bits per heavy atom. The fourth-order valence-corrected chi connectivity index (χ4v) is 4.41. The van der Waals surface area contributed by atoms with E-state index in [0.29, 0.717) is 5.56 Å². The zero-order valence-electron chi connectivity index (χ0n) is 17.4. The lowest BCUT2D eigenvalue weighted by molar-refractivity contribution is 0.0737. The van der Waals surface area contributed by atoms with Crippen LogP contribution < -0.4 is 0 Å². The van der Waals surface area contributed by atoms with E-state index >= 15 is 0 Å². The van der Waals surface area contributed by atoms with E-state index < -0.39 is 0 Å². The predicted molar refractivity (Wildman–Crippen MR) is 112 cm³/mol. The smallest absolute Gasteiger partial charge is 0.255 e. The van der Waals surface area contributed by atoms with Crippen LogP contribution in [0.5, 0.6) is 0 Å². The van der Waals surface area contributed by atoms with Gasteiger partial charge in [-0.1, -0.05) is 29.3 Å². The Bertz CT molecular complexity index is 1030. The van der Waals surface area contributed by atoms with Crippen molar-refractivity contribution < 1.29 is 4.79 Å². The van der Waals surface area contributed by atoms with Crippen molar-refractivity contribution in [2.24, 2.45) is 0 Å². The Hall–Kier alpha value is -2.69. The number of carbonyl (C=O) groups excluding carboxylic acids is 1. The lowest BCUT2D eigenvalue weighted by Crippen LogP contribution is -2.31. The van der Waals surface area contributed by atoms with Crippen LogP contribution in [0.4, 0.5) is 0 Å². The van der Waals surface area contributed by atoms with Crippen molar-refractivity contribution in [1.82, 2.24) is 19.7 Å². The van der Waals surface area contributed by atoms with Gasteiger partial charge in [0.2, 0.25) is 0 Å². The lowest BCUT2D eigenvalue weighted by atomic mass is 9.99. The van der Waals surface area contributed by atoms with Gasteiger partial charge < -0.3 is 4.90 Å². The van der Waals surface area contributed by atoms with E-state index in [0.717, 1.165) is 36.1 Å². The molecular formula is C23H28N4O. The van der Waals surface area contributed by atoms with Crippen molar-refractivity contribution in [3.63, 3.8) is 0 Å². The number of carbonyl (C=O) groups is 1. The molecule has 1 unspecified atom stereocenters. The third-order valence-electron chi connectivity index (χ3n) is 5.56. The Morgan fingerprint density at radius 1 is 1.11 bits per heavy atom. The van der Waals surface area contributed by atoms with Gasteiger partial charge in [-0.25, -0.2) is 9.67 Å². The molecule has 0 spiro atoms. The standard InChI is InChI=1S/C23H28N4O/c1-14(2)27-22-20(13-24-27)19(12-17(5)25-22)23(28)26-8-6-7-21(26)18-10-15(3)9-16(4)11-18/h9-14,21H,6-8H2,1-5H3. The zero-order chi connectivity index (χ0) is 20.0. The fraction of sp³-hybridized carbons (Fsp3) is 0.435. The Labute approximate surface area is 166 Å². The second kappa shape index (κ2) is 7.04. The molecule has 2 aromatic heterocycles. The first-order valence-corrected chi connectivity index (χ1v) is 10.1. The third kappa shape index (κ3) is 3.19. The largest absolute Gasteiger partial charge is 0.332 e. The Balaban J connectivity index is 1.76. The van der Waals surface area contributed by atoms with E-state index in [1.54, 1.807) is 6.20 Å². The van der Waals surface area contributed by atoms with Gasteiger partial charge in [-0.2, -0.15) is 5.10 Å². The first-order chi connectivity index (χ1) is 13.3. The van der Waals surface area contributed by atoms with Crippen molar-refractivity contribution >= 4 is 16.9 Å². The van der Waals surface area contributed by atoms with Gasteiger partial charge in [-0.3, -0.25) is 4.79 Å². The molecule has 0 aliphatic carbocycles. The van der Waals surface area contributed by atoms with Crippen LogP contribution in [0.25, 0.3) is 11.0 Å². The molecule has 5 heteroatoms. The van der Waals surface area contributed by atoms with Crippen LogP contribution in [0.2, 0.25) is 0 Å². The molecule has 0 radical (unpaired) electrons. The number of aromatic nitrogens is 3. The maximum atomic E-state index is 13.6. The maximum Gasteiger partial charge on any atom is 0.255 e. The number of amides is 1. The highest BCUT2D eigenvalue weighted by molar-refractivity contribution is 6.05. The van der Waals surface area contributed by atoms with Crippen molar-refractivity contribution in [3.05, 3.63) is 58.4 Å². The van der Waals surface area contributed by atoms with E-state index in [1.165, 1.54) is 16.7 Å². The van der Waals surface area contributed by atoms with Gasteiger partial charge in [0, 0.05) is 18.3 Å². The van der Waals surface area contributed by atoms with Crippen molar-refractivity contribution in [2.75, 3.05) is 6.54 Å². The van der Waals surface area contributed by atoms with E-state index in [1.807, 2.05) is 22.6 Å². The molecule has 0 N–H and O–H groups in total. The van der Waals surface area contributed by atoms with Crippen LogP contribution in [-0.4, -0.2) is 32.1 Å². The van der Waals surface area contributed by atoms with Gasteiger partial charge >= 0.3 is 0 Å². The summed E-state index contributed by atoms with van der Waals surface area (Å²) in [7, 11) is 0. The minimum absolute atomic E-state index is 0.0838. The molecule has 1 aliphatic rings. The van der Waals surface area contributed by atoms with Gasteiger partial charge in [0.1, 0.15) is 0 Å². The summed E-state index contributed by atoms with van der Waals surface area (Å²) in [5.41, 5.74) is 6.08. The number of aryl methyl sites for hydroxylation is 3. The van der Waals surface area contributed by atoms with Crippen LogP contribution >= 0.6 is 0 Å². The summed E-state index contributed by atoms with van der Waals surface area (Å²) in [5.74, 6) is 0.0838. The highest BCUT2D eigenvalue weighted by Crippen LogP contribution is 2.35. The summed E-state index contributed by atoms with van der Waals surface area (Å²) in [6.45, 7) is 11.1. The molecule has 1 amide bonds. The molecule has 28 heavy (non-hydrogen) atoms. The molecule has 1 saturated heterocycles. The monoisotopic (exact) mass is 376 g/mol. The van der Waals surface area contributed by atoms with Gasteiger partial charge in [0.25, 0.3) is 5.91 Å². The summed E-state index contributed by atoms with van der Waals surface area (Å²) in [6.07, 6.45) is 3.83. The summed E-state index contributed by atoms with van der Waals surface area (Å²) >= 11 is 0. The van der Waals surface area contributed by atoms with Crippen LogP contribution in [0.15, 0.2) is 30.5 Å². The topological polar surface area (TPSA) is 51.0 Å².